The van der Waals surface area contributed by atoms with E-state index in [2.05, 4.69) is 10.6 Å². The summed E-state index contributed by atoms with van der Waals surface area (Å²) in [5, 5.41) is 6.47. The van der Waals surface area contributed by atoms with Crippen LogP contribution in [0.5, 0.6) is 11.5 Å². The minimum absolute atomic E-state index is 0.00707. The SMILES string of the molecule is COc1ccc(CCN2C(=O)[C@@H]3[C@@H](CCC(N)=O)N[C@@]4(C(=O)Nc5c(Cl)cc(C)cc54)[C@H]3C2=O)cc1OC. The van der Waals surface area contributed by atoms with Gasteiger partial charge in [0, 0.05) is 24.6 Å². The van der Waals surface area contributed by atoms with Crippen molar-refractivity contribution >= 4 is 40.9 Å². The molecular formula is C27H29ClN4O6. The predicted molar refractivity (Wildman–Crippen MR) is 139 cm³/mol. The maximum absolute atomic E-state index is 13.9. The number of hydrogen-bond acceptors (Lipinski definition) is 7. The van der Waals surface area contributed by atoms with Crippen molar-refractivity contribution in [1.82, 2.24) is 10.2 Å². The lowest BCUT2D eigenvalue weighted by atomic mass is 9.76. The number of hydrogen-bond donors (Lipinski definition) is 3. The van der Waals surface area contributed by atoms with E-state index in [9.17, 15) is 19.2 Å². The van der Waals surface area contributed by atoms with Gasteiger partial charge in [-0.2, -0.15) is 0 Å². The summed E-state index contributed by atoms with van der Waals surface area (Å²) in [6.07, 6.45) is 0.605. The van der Waals surface area contributed by atoms with Crippen molar-refractivity contribution in [1.29, 1.82) is 0 Å². The van der Waals surface area contributed by atoms with Crippen molar-refractivity contribution in [2.24, 2.45) is 17.6 Å². The van der Waals surface area contributed by atoms with Gasteiger partial charge in [-0.1, -0.05) is 23.7 Å². The van der Waals surface area contributed by atoms with E-state index in [1.54, 1.807) is 25.3 Å². The van der Waals surface area contributed by atoms with Crippen LogP contribution in [0.15, 0.2) is 30.3 Å². The van der Waals surface area contributed by atoms with Gasteiger partial charge in [-0.05, 0) is 49.1 Å². The second-order valence-corrected chi connectivity index (χ2v) is 10.4. The Balaban J connectivity index is 1.50. The van der Waals surface area contributed by atoms with Crippen molar-refractivity contribution in [3.05, 3.63) is 52.0 Å². The Labute approximate surface area is 224 Å². The van der Waals surface area contributed by atoms with Crippen LogP contribution < -0.4 is 25.8 Å². The van der Waals surface area contributed by atoms with Crippen LogP contribution in [0.25, 0.3) is 0 Å². The third kappa shape index (κ3) is 3.90. The molecule has 0 bridgehead atoms. The van der Waals surface area contributed by atoms with Gasteiger partial charge in [-0.3, -0.25) is 29.4 Å². The molecule has 38 heavy (non-hydrogen) atoms. The van der Waals surface area contributed by atoms with Gasteiger partial charge >= 0.3 is 0 Å². The number of imide groups is 1. The Morgan fingerprint density at radius 2 is 1.84 bits per heavy atom. The summed E-state index contributed by atoms with van der Waals surface area (Å²) < 4.78 is 10.6. The maximum Gasteiger partial charge on any atom is 0.250 e. The number of halogens is 1. The van der Waals surface area contributed by atoms with Crippen LogP contribution in [0.3, 0.4) is 0 Å². The molecule has 5 rings (SSSR count). The third-order valence-corrected chi connectivity index (χ3v) is 8.08. The van der Waals surface area contributed by atoms with E-state index in [1.165, 1.54) is 12.0 Å². The van der Waals surface area contributed by atoms with Crippen LogP contribution in [0.2, 0.25) is 5.02 Å². The van der Waals surface area contributed by atoms with E-state index in [0.29, 0.717) is 34.2 Å². The molecule has 0 saturated carbocycles. The van der Waals surface area contributed by atoms with Gasteiger partial charge < -0.3 is 20.5 Å². The van der Waals surface area contributed by atoms with Crippen LogP contribution in [-0.2, 0) is 31.1 Å². The molecule has 2 aromatic carbocycles. The molecule has 200 valence electrons. The highest BCUT2D eigenvalue weighted by atomic mass is 35.5. The summed E-state index contributed by atoms with van der Waals surface area (Å²) in [5.41, 5.74) is 6.53. The largest absolute Gasteiger partial charge is 0.493 e. The monoisotopic (exact) mass is 540 g/mol. The number of carbonyl (C=O) groups excluding carboxylic acids is 4. The molecule has 3 aliphatic heterocycles. The van der Waals surface area contributed by atoms with Crippen molar-refractivity contribution < 1.29 is 28.7 Å². The molecule has 4 amide bonds. The molecule has 0 unspecified atom stereocenters. The first-order valence-corrected chi connectivity index (χ1v) is 12.7. The number of likely N-dealkylation sites (tertiary alicyclic amines) is 1. The zero-order valence-corrected chi connectivity index (χ0v) is 22.1. The van der Waals surface area contributed by atoms with Crippen molar-refractivity contribution in [3.63, 3.8) is 0 Å². The van der Waals surface area contributed by atoms with Gasteiger partial charge in [0.05, 0.1) is 36.8 Å². The smallest absolute Gasteiger partial charge is 0.250 e. The number of methoxy groups -OCH3 is 2. The van der Waals surface area contributed by atoms with Crippen LogP contribution in [0.4, 0.5) is 5.69 Å². The summed E-state index contributed by atoms with van der Waals surface area (Å²) in [5.74, 6) is -2.48. The lowest BCUT2D eigenvalue weighted by Gasteiger charge is -2.29. The highest BCUT2D eigenvalue weighted by Crippen LogP contribution is 2.55. The fourth-order valence-electron chi connectivity index (χ4n) is 6.10. The molecule has 2 saturated heterocycles. The third-order valence-electron chi connectivity index (χ3n) is 7.79. The molecule has 3 heterocycles. The summed E-state index contributed by atoms with van der Waals surface area (Å²) in [7, 11) is 3.08. The molecule has 0 aliphatic carbocycles. The van der Waals surface area contributed by atoms with Crippen molar-refractivity contribution in [2.45, 2.75) is 37.8 Å². The summed E-state index contributed by atoms with van der Waals surface area (Å²) >= 11 is 6.46. The first-order valence-electron chi connectivity index (χ1n) is 12.4. The molecule has 2 aromatic rings. The molecule has 0 aromatic heterocycles. The Morgan fingerprint density at radius 3 is 2.53 bits per heavy atom. The topological polar surface area (TPSA) is 140 Å². The molecular weight excluding hydrogens is 512 g/mol. The highest BCUT2D eigenvalue weighted by Gasteiger charge is 2.70. The number of nitrogens with two attached hydrogens (primary N) is 1. The van der Waals surface area contributed by atoms with Crippen LogP contribution in [-0.4, -0.2) is 55.3 Å². The number of aryl methyl sites for hydroxylation is 1. The molecule has 0 radical (unpaired) electrons. The second kappa shape index (κ2) is 9.59. The molecule has 4 N–H and O–H groups in total. The van der Waals surface area contributed by atoms with E-state index < -0.39 is 41.1 Å². The lowest BCUT2D eigenvalue weighted by molar-refractivity contribution is -0.142. The molecule has 2 fully saturated rings. The Bertz CT molecular complexity index is 1360. The van der Waals surface area contributed by atoms with Gasteiger partial charge in [0.2, 0.25) is 23.6 Å². The van der Waals surface area contributed by atoms with Crippen LogP contribution in [0, 0.1) is 18.8 Å². The number of ether oxygens (including phenoxy) is 2. The van der Waals surface area contributed by atoms with Gasteiger partial charge in [0.25, 0.3) is 0 Å². The zero-order chi connectivity index (χ0) is 27.4. The number of fused-ring (bicyclic) bond motifs is 4. The number of nitrogens with zero attached hydrogens (tertiary/aromatic N) is 1. The minimum atomic E-state index is -1.48. The van der Waals surface area contributed by atoms with E-state index in [4.69, 9.17) is 26.8 Å². The van der Waals surface area contributed by atoms with Crippen molar-refractivity contribution in [3.8, 4) is 11.5 Å². The first kappa shape index (κ1) is 26.0. The first-order chi connectivity index (χ1) is 18.1. The Hall–Kier alpha value is -3.63. The highest BCUT2D eigenvalue weighted by molar-refractivity contribution is 6.35. The Kier molecular flexibility index (Phi) is 6.56. The second-order valence-electron chi connectivity index (χ2n) is 9.96. The average molecular weight is 541 g/mol. The quantitative estimate of drug-likeness (QED) is 0.434. The summed E-state index contributed by atoms with van der Waals surface area (Å²) in [6.45, 7) is 1.97. The number of amides is 4. The van der Waals surface area contributed by atoms with Crippen molar-refractivity contribution in [2.75, 3.05) is 26.1 Å². The van der Waals surface area contributed by atoms with Gasteiger partial charge in [-0.15, -0.1) is 0 Å². The number of benzene rings is 2. The van der Waals surface area contributed by atoms with Gasteiger partial charge in [0.1, 0.15) is 5.54 Å². The normalized spacial score (nSPS) is 25.5. The number of carbonyl (C=O) groups is 4. The maximum atomic E-state index is 13.9. The molecule has 1 spiro atoms. The van der Waals surface area contributed by atoms with E-state index in [-0.39, 0.29) is 25.3 Å². The number of primary amides is 1. The van der Waals surface area contributed by atoms with E-state index >= 15 is 0 Å². The molecule has 10 nitrogen and oxygen atoms in total. The zero-order valence-electron chi connectivity index (χ0n) is 21.3. The lowest BCUT2D eigenvalue weighted by Crippen LogP contribution is -2.53. The standard InChI is InChI=1S/C27H29ClN4O6/c1-13-10-15-23(16(28)11-13)30-26(36)27(15)22-21(17(31-27)5-7-20(29)33)24(34)32(25(22)35)9-8-14-4-6-18(37-2)19(12-14)38-3/h4,6,10-12,17,21-22,31H,5,7-9H2,1-3H3,(H2,29,33)(H,30,36)/t17-,21-,22-,27-/m1/s1. The van der Waals surface area contributed by atoms with Gasteiger partial charge in [0.15, 0.2) is 11.5 Å². The van der Waals surface area contributed by atoms with Crippen LogP contribution in [0.1, 0.15) is 29.5 Å². The molecule has 4 atom stereocenters. The minimum Gasteiger partial charge on any atom is -0.493 e. The average Bonchev–Trinajstić information content (AvgIpc) is 3.46. The summed E-state index contributed by atoms with van der Waals surface area (Å²) in [6, 6.07) is 8.34. The fraction of sp³-hybridized carbons (Fsp3) is 0.407. The number of rotatable bonds is 8. The van der Waals surface area contributed by atoms with E-state index in [0.717, 1.165) is 11.1 Å². The van der Waals surface area contributed by atoms with E-state index in [1.807, 2.05) is 19.1 Å². The number of anilines is 1. The molecule has 11 heteroatoms. The van der Waals surface area contributed by atoms with Gasteiger partial charge in [-0.25, -0.2) is 0 Å². The van der Waals surface area contributed by atoms with Crippen LogP contribution >= 0.6 is 11.6 Å². The summed E-state index contributed by atoms with van der Waals surface area (Å²) in [4.78, 5) is 54.1. The Morgan fingerprint density at radius 1 is 1.11 bits per heavy atom. The fourth-order valence-corrected chi connectivity index (χ4v) is 6.42. The molecule has 3 aliphatic rings. The number of nitrogens with one attached hydrogen (secondary N) is 2. The predicted octanol–water partition coefficient (Wildman–Crippen LogP) is 1.89.